The molecular weight excluding hydrogens is 402 g/mol. The van der Waals surface area contributed by atoms with Gasteiger partial charge < -0.3 is 19.5 Å². The van der Waals surface area contributed by atoms with E-state index in [4.69, 9.17) is 4.74 Å². The second-order valence-corrected chi connectivity index (χ2v) is 8.29. The third-order valence-corrected chi connectivity index (χ3v) is 6.30. The molecule has 0 radical (unpaired) electrons. The van der Waals surface area contributed by atoms with Crippen molar-refractivity contribution in [2.45, 2.75) is 32.1 Å². The van der Waals surface area contributed by atoms with Crippen LogP contribution in [0.25, 0.3) is 10.9 Å². The fourth-order valence-corrected chi connectivity index (χ4v) is 4.44. The number of rotatable bonds is 8. The van der Waals surface area contributed by atoms with E-state index in [2.05, 4.69) is 17.1 Å². The molecule has 0 saturated carbocycles. The molecule has 0 bridgehead atoms. The van der Waals surface area contributed by atoms with Crippen molar-refractivity contribution in [2.24, 2.45) is 0 Å². The second-order valence-electron chi connectivity index (χ2n) is 8.29. The van der Waals surface area contributed by atoms with Crippen LogP contribution in [0.5, 0.6) is 5.75 Å². The van der Waals surface area contributed by atoms with Crippen molar-refractivity contribution in [2.75, 3.05) is 33.3 Å². The highest BCUT2D eigenvalue weighted by Crippen LogP contribution is 2.21. The molecule has 32 heavy (non-hydrogen) atoms. The summed E-state index contributed by atoms with van der Waals surface area (Å²) in [5.41, 5.74) is 3.45. The number of amides is 2. The smallest absolute Gasteiger partial charge is 0.223 e. The van der Waals surface area contributed by atoms with Gasteiger partial charge in [0.15, 0.2) is 0 Å². The molecule has 2 aromatic carbocycles. The fraction of sp³-hybridized carbons (Fsp3) is 0.385. The maximum absolute atomic E-state index is 12.6. The summed E-state index contributed by atoms with van der Waals surface area (Å²) in [5.74, 6) is 1.15. The zero-order chi connectivity index (χ0) is 22.3. The summed E-state index contributed by atoms with van der Waals surface area (Å²) in [7, 11) is 1.65. The predicted molar refractivity (Wildman–Crippen MR) is 126 cm³/mol. The van der Waals surface area contributed by atoms with Crippen LogP contribution in [-0.2, 0) is 22.4 Å². The molecule has 2 heterocycles. The van der Waals surface area contributed by atoms with Crippen LogP contribution < -0.4 is 4.74 Å². The van der Waals surface area contributed by atoms with Gasteiger partial charge in [-0.25, -0.2) is 0 Å². The highest BCUT2D eigenvalue weighted by Gasteiger charge is 2.23. The minimum absolute atomic E-state index is 0.141. The van der Waals surface area contributed by atoms with E-state index in [-0.39, 0.29) is 11.8 Å². The first-order chi connectivity index (χ1) is 15.7. The number of hydrogen-bond acceptors (Lipinski definition) is 3. The average molecular weight is 434 g/mol. The number of aryl methyl sites for hydroxylation is 2. The number of methoxy groups -OCH3 is 1. The number of nitrogens with zero attached hydrogens (tertiary/aromatic N) is 2. The Bertz CT molecular complexity index is 1070. The van der Waals surface area contributed by atoms with Crippen molar-refractivity contribution in [1.82, 2.24) is 14.8 Å². The lowest BCUT2D eigenvalue weighted by atomic mass is 10.1. The van der Waals surface area contributed by atoms with E-state index in [1.807, 2.05) is 52.4 Å². The Hall–Kier alpha value is -3.28. The van der Waals surface area contributed by atoms with Crippen LogP contribution in [0.1, 0.15) is 30.4 Å². The summed E-state index contributed by atoms with van der Waals surface area (Å²) in [4.78, 5) is 32.4. The number of H-pyrrole nitrogens is 1. The van der Waals surface area contributed by atoms with Crippen LogP contribution in [0, 0.1) is 0 Å². The van der Waals surface area contributed by atoms with E-state index in [0.29, 0.717) is 45.4 Å². The first kappa shape index (κ1) is 21.9. The lowest BCUT2D eigenvalue weighted by Crippen LogP contribution is -2.50. The predicted octanol–water partition coefficient (Wildman–Crippen LogP) is 3.80. The molecule has 1 aromatic heterocycles. The van der Waals surface area contributed by atoms with Gasteiger partial charge >= 0.3 is 0 Å². The van der Waals surface area contributed by atoms with Gasteiger partial charge in [0, 0.05) is 56.1 Å². The third-order valence-electron chi connectivity index (χ3n) is 6.30. The molecule has 0 spiro atoms. The summed E-state index contributed by atoms with van der Waals surface area (Å²) < 4.78 is 5.37. The summed E-state index contributed by atoms with van der Waals surface area (Å²) in [6, 6.07) is 16.1. The summed E-state index contributed by atoms with van der Waals surface area (Å²) >= 11 is 0. The van der Waals surface area contributed by atoms with E-state index in [1.54, 1.807) is 7.11 Å². The largest absolute Gasteiger partial charge is 0.496 e. The molecule has 1 aliphatic rings. The van der Waals surface area contributed by atoms with Gasteiger partial charge in [-0.15, -0.1) is 0 Å². The fourth-order valence-electron chi connectivity index (χ4n) is 4.44. The van der Waals surface area contributed by atoms with E-state index in [0.717, 1.165) is 29.7 Å². The van der Waals surface area contributed by atoms with Crippen molar-refractivity contribution in [1.29, 1.82) is 0 Å². The first-order valence-electron chi connectivity index (χ1n) is 11.4. The van der Waals surface area contributed by atoms with E-state index < -0.39 is 0 Å². The van der Waals surface area contributed by atoms with Gasteiger partial charge in [-0.05, 0) is 42.5 Å². The number of aromatic nitrogens is 1. The average Bonchev–Trinajstić information content (AvgIpc) is 3.26. The number of ether oxygens (including phenoxy) is 1. The van der Waals surface area contributed by atoms with Crippen LogP contribution in [0.4, 0.5) is 0 Å². The molecule has 1 N–H and O–H groups in total. The van der Waals surface area contributed by atoms with Gasteiger partial charge in [0.2, 0.25) is 11.8 Å². The lowest BCUT2D eigenvalue weighted by Gasteiger charge is -2.35. The van der Waals surface area contributed by atoms with Crippen molar-refractivity contribution >= 4 is 22.7 Å². The molecule has 1 saturated heterocycles. The maximum atomic E-state index is 12.6. The summed E-state index contributed by atoms with van der Waals surface area (Å²) in [5, 5.41) is 1.24. The Morgan fingerprint density at radius 2 is 1.50 bits per heavy atom. The van der Waals surface area contributed by atoms with Crippen LogP contribution in [0.3, 0.4) is 0 Å². The van der Waals surface area contributed by atoms with Crippen LogP contribution in [0.2, 0.25) is 0 Å². The Morgan fingerprint density at radius 1 is 0.844 bits per heavy atom. The molecule has 6 nitrogen and oxygen atoms in total. The summed E-state index contributed by atoms with van der Waals surface area (Å²) in [6.07, 6.45) is 5.43. The number of aromatic amines is 1. The van der Waals surface area contributed by atoms with Gasteiger partial charge in [0.1, 0.15) is 5.75 Å². The standard InChI is InChI=1S/C26H31N3O3/c1-32-24-11-5-2-7-20(24)13-14-26(31)29-17-15-28(16-18-29)25(30)12-6-8-21-19-27-23-10-4-3-9-22(21)23/h2-5,7,9-11,19,27H,6,8,12-18H2,1H3. The highest BCUT2D eigenvalue weighted by molar-refractivity contribution is 5.83. The van der Waals surface area contributed by atoms with E-state index in [1.165, 1.54) is 10.9 Å². The molecule has 6 heteroatoms. The van der Waals surface area contributed by atoms with Gasteiger partial charge in [-0.1, -0.05) is 36.4 Å². The number of hydrogen-bond donors (Lipinski definition) is 1. The number of fused-ring (bicyclic) bond motifs is 1. The molecule has 0 unspecified atom stereocenters. The Balaban J connectivity index is 1.19. The molecule has 1 fully saturated rings. The number of carbonyl (C=O) groups excluding carboxylic acids is 2. The lowest BCUT2D eigenvalue weighted by molar-refractivity contribution is -0.139. The van der Waals surface area contributed by atoms with Gasteiger partial charge in [0.05, 0.1) is 7.11 Å². The molecule has 1 aliphatic heterocycles. The minimum atomic E-state index is 0.141. The SMILES string of the molecule is COc1ccccc1CCC(=O)N1CCN(C(=O)CCCc2c[nH]c3ccccc23)CC1. The normalized spacial score (nSPS) is 14.0. The van der Waals surface area contributed by atoms with E-state index in [9.17, 15) is 9.59 Å². The molecular formula is C26H31N3O3. The number of carbonyl (C=O) groups is 2. The van der Waals surface area contributed by atoms with Crippen LogP contribution >= 0.6 is 0 Å². The molecule has 168 valence electrons. The van der Waals surface area contributed by atoms with Crippen LogP contribution in [-0.4, -0.2) is 59.9 Å². The van der Waals surface area contributed by atoms with Gasteiger partial charge in [-0.2, -0.15) is 0 Å². The Kier molecular flexibility index (Phi) is 7.10. The maximum Gasteiger partial charge on any atom is 0.223 e. The minimum Gasteiger partial charge on any atom is -0.496 e. The Morgan fingerprint density at radius 3 is 2.25 bits per heavy atom. The molecule has 4 rings (SSSR count). The van der Waals surface area contributed by atoms with Crippen molar-refractivity contribution in [3.8, 4) is 5.75 Å². The molecule has 3 aromatic rings. The Labute approximate surface area is 189 Å². The number of benzene rings is 2. The molecule has 0 aliphatic carbocycles. The number of nitrogens with one attached hydrogen (secondary N) is 1. The number of piperazine rings is 1. The summed E-state index contributed by atoms with van der Waals surface area (Å²) in [6.45, 7) is 2.45. The molecule has 2 amide bonds. The number of para-hydroxylation sites is 2. The third kappa shape index (κ3) is 5.13. The van der Waals surface area contributed by atoms with Gasteiger partial charge in [0.25, 0.3) is 0 Å². The topological polar surface area (TPSA) is 65.6 Å². The zero-order valence-electron chi connectivity index (χ0n) is 18.7. The second kappa shape index (κ2) is 10.4. The zero-order valence-corrected chi connectivity index (χ0v) is 18.7. The van der Waals surface area contributed by atoms with Crippen molar-refractivity contribution in [3.05, 3.63) is 65.9 Å². The van der Waals surface area contributed by atoms with E-state index >= 15 is 0 Å². The van der Waals surface area contributed by atoms with Crippen molar-refractivity contribution < 1.29 is 14.3 Å². The van der Waals surface area contributed by atoms with Gasteiger partial charge in [-0.3, -0.25) is 9.59 Å². The molecule has 0 atom stereocenters. The highest BCUT2D eigenvalue weighted by atomic mass is 16.5. The monoisotopic (exact) mass is 433 g/mol. The van der Waals surface area contributed by atoms with Crippen LogP contribution in [0.15, 0.2) is 54.7 Å². The van der Waals surface area contributed by atoms with Crippen molar-refractivity contribution in [3.63, 3.8) is 0 Å². The quantitative estimate of drug-likeness (QED) is 0.588. The first-order valence-corrected chi connectivity index (χ1v) is 11.4.